The van der Waals surface area contributed by atoms with Crippen molar-refractivity contribution in [3.05, 3.63) is 0 Å². The fraction of sp³-hybridized carbons (Fsp3) is 0.917. The highest BCUT2D eigenvalue weighted by Crippen LogP contribution is 2.33. The summed E-state index contributed by atoms with van der Waals surface area (Å²) in [5.41, 5.74) is 5.72. The molecule has 3 nitrogen and oxygen atoms in total. The number of likely N-dealkylation sites (N-methyl/N-ethyl adjacent to an activating group) is 1. The molecule has 0 bridgehead atoms. The Morgan fingerprint density at radius 2 is 1.93 bits per heavy atom. The topological polar surface area (TPSA) is 46.3 Å². The predicted molar refractivity (Wildman–Crippen MR) is 60.4 cm³/mol. The first kappa shape index (κ1) is 10.9. The largest absolute Gasteiger partial charge is 0.338 e. The van der Waals surface area contributed by atoms with Crippen LogP contribution in [0, 0.1) is 0 Å². The van der Waals surface area contributed by atoms with E-state index in [0.717, 1.165) is 32.2 Å². The highest BCUT2D eigenvalue weighted by Gasteiger charge is 2.42. The van der Waals surface area contributed by atoms with Crippen molar-refractivity contribution in [1.29, 1.82) is 0 Å². The summed E-state index contributed by atoms with van der Waals surface area (Å²) >= 11 is 0. The van der Waals surface area contributed by atoms with Gasteiger partial charge >= 0.3 is 0 Å². The molecule has 2 N–H and O–H groups in total. The number of nitrogens with two attached hydrogens (primary N) is 1. The Morgan fingerprint density at radius 1 is 1.33 bits per heavy atom. The Kier molecular flexibility index (Phi) is 3.01. The smallest absolute Gasteiger partial charge is 0.242 e. The maximum Gasteiger partial charge on any atom is 0.242 e. The summed E-state index contributed by atoms with van der Waals surface area (Å²) in [6, 6.07) is 0.504. The summed E-state index contributed by atoms with van der Waals surface area (Å²) in [6.07, 6.45) is 7.59. The van der Waals surface area contributed by atoms with Crippen LogP contribution in [0.25, 0.3) is 0 Å². The Bertz CT molecular complexity index is 242. The molecule has 86 valence electrons. The quantitative estimate of drug-likeness (QED) is 0.770. The van der Waals surface area contributed by atoms with Gasteiger partial charge in [-0.3, -0.25) is 4.79 Å². The van der Waals surface area contributed by atoms with Crippen LogP contribution in [0.2, 0.25) is 0 Å². The van der Waals surface area contributed by atoms with Crippen molar-refractivity contribution in [1.82, 2.24) is 4.90 Å². The molecule has 0 unspecified atom stereocenters. The zero-order chi connectivity index (χ0) is 10.9. The standard InChI is InChI=1S/C12H22N2O/c1-2-14(10-6-7-10)11(15)12(13)8-4-3-5-9-12/h10H,2-9,13H2,1H3. The van der Waals surface area contributed by atoms with Gasteiger partial charge in [0.15, 0.2) is 0 Å². The van der Waals surface area contributed by atoms with Crippen LogP contribution in [0.5, 0.6) is 0 Å². The van der Waals surface area contributed by atoms with Gasteiger partial charge in [0.05, 0.1) is 5.54 Å². The average Bonchev–Trinajstić information content (AvgIpc) is 3.04. The van der Waals surface area contributed by atoms with E-state index in [1.54, 1.807) is 0 Å². The van der Waals surface area contributed by atoms with Crippen LogP contribution in [0.3, 0.4) is 0 Å². The van der Waals surface area contributed by atoms with Crippen LogP contribution in [0.4, 0.5) is 0 Å². The van der Waals surface area contributed by atoms with Gasteiger partial charge in [-0.1, -0.05) is 19.3 Å². The molecular weight excluding hydrogens is 188 g/mol. The molecule has 2 fully saturated rings. The molecule has 1 amide bonds. The lowest BCUT2D eigenvalue weighted by atomic mass is 9.81. The van der Waals surface area contributed by atoms with Gasteiger partial charge < -0.3 is 10.6 Å². The van der Waals surface area contributed by atoms with E-state index in [9.17, 15) is 4.79 Å². The summed E-state index contributed by atoms with van der Waals surface area (Å²) in [5, 5.41) is 0. The number of rotatable bonds is 3. The Hall–Kier alpha value is -0.570. The first-order chi connectivity index (χ1) is 7.17. The molecule has 15 heavy (non-hydrogen) atoms. The molecule has 0 aliphatic heterocycles. The lowest BCUT2D eigenvalue weighted by Gasteiger charge is -2.36. The molecule has 0 saturated heterocycles. The highest BCUT2D eigenvalue weighted by atomic mass is 16.2. The van der Waals surface area contributed by atoms with Gasteiger partial charge in [-0.2, -0.15) is 0 Å². The van der Waals surface area contributed by atoms with Gasteiger partial charge in [-0.15, -0.1) is 0 Å². The van der Waals surface area contributed by atoms with Gasteiger partial charge in [0.2, 0.25) is 5.91 Å². The molecule has 2 aliphatic carbocycles. The summed E-state index contributed by atoms with van der Waals surface area (Å²) in [5.74, 6) is 0.215. The number of amides is 1. The van der Waals surface area contributed by atoms with E-state index >= 15 is 0 Å². The van der Waals surface area contributed by atoms with Crippen LogP contribution in [-0.2, 0) is 4.79 Å². The van der Waals surface area contributed by atoms with Crippen molar-refractivity contribution in [2.24, 2.45) is 5.73 Å². The second kappa shape index (κ2) is 4.12. The minimum Gasteiger partial charge on any atom is -0.338 e. The van der Waals surface area contributed by atoms with E-state index in [4.69, 9.17) is 5.73 Å². The molecule has 0 aromatic carbocycles. The molecule has 2 rings (SSSR count). The molecule has 0 spiro atoms. The zero-order valence-corrected chi connectivity index (χ0v) is 9.67. The molecular formula is C12H22N2O. The van der Waals surface area contributed by atoms with E-state index in [1.165, 1.54) is 19.3 Å². The Morgan fingerprint density at radius 3 is 2.40 bits per heavy atom. The maximum atomic E-state index is 12.3. The summed E-state index contributed by atoms with van der Waals surface area (Å²) < 4.78 is 0. The van der Waals surface area contributed by atoms with Gasteiger partial charge in [-0.05, 0) is 32.6 Å². The minimum atomic E-state index is -0.531. The van der Waals surface area contributed by atoms with Crippen LogP contribution in [0.15, 0.2) is 0 Å². The summed E-state index contributed by atoms with van der Waals surface area (Å²) in [4.78, 5) is 14.3. The van der Waals surface area contributed by atoms with E-state index in [1.807, 2.05) is 4.90 Å². The van der Waals surface area contributed by atoms with Crippen molar-refractivity contribution in [2.75, 3.05) is 6.54 Å². The van der Waals surface area contributed by atoms with Crippen LogP contribution >= 0.6 is 0 Å². The summed E-state index contributed by atoms with van der Waals surface area (Å²) in [7, 11) is 0. The second-order valence-electron chi connectivity index (χ2n) is 5.04. The molecule has 0 atom stereocenters. The number of carbonyl (C=O) groups excluding carboxylic acids is 1. The Labute approximate surface area is 92.0 Å². The fourth-order valence-electron chi connectivity index (χ4n) is 2.64. The molecule has 2 aliphatic rings. The Balaban J connectivity index is 2.03. The first-order valence-electron chi connectivity index (χ1n) is 6.27. The molecule has 2 saturated carbocycles. The van der Waals surface area contributed by atoms with Gasteiger partial charge in [0.25, 0.3) is 0 Å². The van der Waals surface area contributed by atoms with Crippen LogP contribution in [0.1, 0.15) is 51.9 Å². The van der Waals surface area contributed by atoms with E-state index < -0.39 is 5.54 Å². The van der Waals surface area contributed by atoms with Crippen molar-refractivity contribution in [2.45, 2.75) is 63.5 Å². The zero-order valence-electron chi connectivity index (χ0n) is 9.67. The normalized spacial score (nSPS) is 24.9. The first-order valence-corrected chi connectivity index (χ1v) is 6.27. The van der Waals surface area contributed by atoms with Crippen molar-refractivity contribution in [3.63, 3.8) is 0 Å². The average molecular weight is 210 g/mol. The molecule has 0 heterocycles. The fourth-order valence-corrected chi connectivity index (χ4v) is 2.64. The van der Waals surface area contributed by atoms with Crippen LogP contribution < -0.4 is 5.73 Å². The molecule has 0 aromatic rings. The lowest BCUT2D eigenvalue weighted by Crippen LogP contribution is -2.56. The van der Waals surface area contributed by atoms with E-state index in [-0.39, 0.29) is 5.91 Å². The maximum absolute atomic E-state index is 12.3. The lowest BCUT2D eigenvalue weighted by molar-refractivity contribution is -0.138. The van der Waals surface area contributed by atoms with Crippen LogP contribution in [-0.4, -0.2) is 28.9 Å². The van der Waals surface area contributed by atoms with E-state index in [0.29, 0.717) is 6.04 Å². The van der Waals surface area contributed by atoms with Gasteiger partial charge in [0.1, 0.15) is 0 Å². The third kappa shape index (κ3) is 2.17. The highest BCUT2D eigenvalue weighted by molar-refractivity contribution is 5.86. The number of hydrogen-bond donors (Lipinski definition) is 1. The van der Waals surface area contributed by atoms with E-state index in [2.05, 4.69) is 6.92 Å². The van der Waals surface area contributed by atoms with Crippen molar-refractivity contribution >= 4 is 5.91 Å². The van der Waals surface area contributed by atoms with Crippen molar-refractivity contribution < 1.29 is 4.79 Å². The second-order valence-corrected chi connectivity index (χ2v) is 5.04. The number of nitrogens with zero attached hydrogens (tertiary/aromatic N) is 1. The van der Waals surface area contributed by atoms with Crippen molar-refractivity contribution in [3.8, 4) is 0 Å². The number of hydrogen-bond acceptors (Lipinski definition) is 2. The molecule has 0 aromatic heterocycles. The summed E-state index contributed by atoms with van der Waals surface area (Å²) in [6.45, 7) is 2.88. The third-order valence-electron chi connectivity index (χ3n) is 3.76. The monoisotopic (exact) mass is 210 g/mol. The van der Waals surface area contributed by atoms with Gasteiger partial charge in [-0.25, -0.2) is 0 Å². The minimum absolute atomic E-state index is 0.215. The SMILES string of the molecule is CCN(C(=O)C1(N)CCCCC1)C1CC1. The van der Waals surface area contributed by atoms with Gasteiger partial charge in [0, 0.05) is 12.6 Å². The molecule has 3 heteroatoms. The number of carbonyl (C=O) groups is 1. The third-order valence-corrected chi connectivity index (χ3v) is 3.76. The predicted octanol–water partition coefficient (Wildman–Crippen LogP) is 1.66. The molecule has 0 radical (unpaired) electrons.